The molecule has 1 heterocycles. The second kappa shape index (κ2) is 6.29. The fourth-order valence-electron chi connectivity index (χ4n) is 1.17. The van der Waals surface area contributed by atoms with Gasteiger partial charge in [0, 0.05) is 11.4 Å². The minimum Gasteiger partial charge on any atom is -0.440 e. The van der Waals surface area contributed by atoms with Crippen molar-refractivity contribution in [3.63, 3.8) is 0 Å². The zero-order chi connectivity index (χ0) is 13.8. The maximum atomic E-state index is 11.9. The first-order valence-electron chi connectivity index (χ1n) is 5.04. The number of alkyl halides is 3. The summed E-state index contributed by atoms with van der Waals surface area (Å²) in [7, 11) is 0. The van der Waals surface area contributed by atoms with Crippen molar-refractivity contribution >= 4 is 29.0 Å². The summed E-state index contributed by atoms with van der Waals surface area (Å²) in [5.41, 5.74) is 0. The van der Waals surface area contributed by atoms with Gasteiger partial charge in [0.25, 0.3) is 0 Å². The van der Waals surface area contributed by atoms with Crippen molar-refractivity contribution in [3.05, 3.63) is 21.3 Å². The van der Waals surface area contributed by atoms with E-state index in [0.29, 0.717) is 4.34 Å². The summed E-state index contributed by atoms with van der Waals surface area (Å²) in [6, 6.07) is 3.38. The van der Waals surface area contributed by atoms with E-state index in [1.54, 1.807) is 19.1 Å². The molecule has 8 heteroatoms. The first-order chi connectivity index (χ1) is 8.31. The molecule has 0 aliphatic carbocycles. The van der Waals surface area contributed by atoms with Crippen LogP contribution in [0.3, 0.4) is 0 Å². The normalized spacial score (nSPS) is 11.4. The Morgan fingerprint density at radius 2 is 2.17 bits per heavy atom. The smallest absolute Gasteiger partial charge is 0.422 e. The van der Waals surface area contributed by atoms with Gasteiger partial charge in [0.05, 0.1) is 10.9 Å². The van der Waals surface area contributed by atoms with Crippen LogP contribution in [0.4, 0.5) is 18.0 Å². The summed E-state index contributed by atoms with van der Waals surface area (Å²) in [5.74, 6) is 0. The molecular formula is C10H11ClF3NO2S. The maximum absolute atomic E-state index is 11.9. The topological polar surface area (TPSA) is 29.5 Å². The molecule has 0 fully saturated rings. The molecule has 18 heavy (non-hydrogen) atoms. The predicted octanol–water partition coefficient (Wildman–Crippen LogP) is 3.92. The molecule has 0 atom stereocenters. The van der Waals surface area contributed by atoms with Crippen molar-refractivity contribution in [1.29, 1.82) is 0 Å². The lowest BCUT2D eigenvalue weighted by Gasteiger charge is -2.20. The van der Waals surface area contributed by atoms with Gasteiger partial charge in [-0.3, -0.25) is 0 Å². The molecule has 3 nitrogen and oxygen atoms in total. The molecule has 1 amide bonds. The van der Waals surface area contributed by atoms with Crippen LogP contribution in [0.2, 0.25) is 4.34 Å². The van der Waals surface area contributed by atoms with E-state index in [2.05, 4.69) is 4.74 Å². The van der Waals surface area contributed by atoms with E-state index in [0.717, 1.165) is 4.88 Å². The number of hydrogen-bond acceptors (Lipinski definition) is 3. The molecule has 0 bridgehead atoms. The van der Waals surface area contributed by atoms with Gasteiger partial charge in [-0.15, -0.1) is 11.3 Å². The third kappa shape index (κ3) is 5.14. The van der Waals surface area contributed by atoms with E-state index in [4.69, 9.17) is 11.6 Å². The molecule has 0 radical (unpaired) electrons. The number of amides is 1. The summed E-state index contributed by atoms with van der Waals surface area (Å²) < 4.78 is 40.4. The molecule has 102 valence electrons. The van der Waals surface area contributed by atoms with Gasteiger partial charge in [0.1, 0.15) is 0 Å². The molecule has 0 aliphatic heterocycles. The lowest BCUT2D eigenvalue weighted by atomic mass is 10.4. The molecule has 1 aromatic rings. The second-order valence-corrected chi connectivity index (χ2v) is 5.19. The molecule has 0 N–H and O–H groups in total. The summed E-state index contributed by atoms with van der Waals surface area (Å²) in [6.07, 6.45) is -5.50. The number of hydrogen-bond donors (Lipinski definition) is 0. The number of rotatable bonds is 4. The minimum atomic E-state index is -4.51. The van der Waals surface area contributed by atoms with Gasteiger partial charge in [-0.2, -0.15) is 13.2 Å². The van der Waals surface area contributed by atoms with Crippen LogP contribution in [0.15, 0.2) is 12.1 Å². The second-order valence-electron chi connectivity index (χ2n) is 3.39. The average Bonchev–Trinajstić information content (AvgIpc) is 2.67. The Hall–Kier alpha value is -0.950. The highest BCUT2D eigenvalue weighted by atomic mass is 35.5. The summed E-state index contributed by atoms with van der Waals surface area (Å²) >= 11 is 6.99. The number of thiophene rings is 1. The molecule has 1 aromatic heterocycles. The Morgan fingerprint density at radius 1 is 1.50 bits per heavy atom. The molecule has 0 spiro atoms. The Labute approximate surface area is 111 Å². The Bertz CT molecular complexity index is 408. The zero-order valence-corrected chi connectivity index (χ0v) is 11.0. The van der Waals surface area contributed by atoms with E-state index < -0.39 is 18.9 Å². The lowest BCUT2D eigenvalue weighted by molar-refractivity contribution is -0.162. The van der Waals surface area contributed by atoms with Crippen LogP contribution in [-0.2, 0) is 11.3 Å². The monoisotopic (exact) mass is 301 g/mol. The van der Waals surface area contributed by atoms with Crippen LogP contribution >= 0.6 is 22.9 Å². The van der Waals surface area contributed by atoms with Crippen molar-refractivity contribution in [2.24, 2.45) is 0 Å². The van der Waals surface area contributed by atoms with Crippen LogP contribution in [-0.4, -0.2) is 30.3 Å². The fourth-order valence-corrected chi connectivity index (χ4v) is 2.27. The lowest BCUT2D eigenvalue weighted by Crippen LogP contribution is -2.33. The van der Waals surface area contributed by atoms with Crippen LogP contribution in [0, 0.1) is 0 Å². The standard InChI is InChI=1S/C10H11ClF3NO2S/c1-2-15(5-7-3-4-8(11)18-7)9(16)17-6-10(12,13)14/h3-4H,2,5-6H2,1H3. The predicted molar refractivity (Wildman–Crippen MR) is 62.8 cm³/mol. The molecule has 0 unspecified atom stereocenters. The quantitative estimate of drug-likeness (QED) is 0.843. The van der Waals surface area contributed by atoms with Gasteiger partial charge in [0.15, 0.2) is 6.61 Å². The number of nitrogens with zero attached hydrogens (tertiary/aromatic N) is 1. The van der Waals surface area contributed by atoms with E-state index in [1.807, 2.05) is 0 Å². The highest BCUT2D eigenvalue weighted by Gasteiger charge is 2.30. The summed E-state index contributed by atoms with van der Waals surface area (Å²) in [5, 5.41) is 0. The fraction of sp³-hybridized carbons (Fsp3) is 0.500. The number of carbonyl (C=O) groups is 1. The summed E-state index contributed by atoms with van der Waals surface area (Å²) in [4.78, 5) is 13.4. The van der Waals surface area contributed by atoms with Gasteiger partial charge in [-0.25, -0.2) is 4.79 Å². The van der Waals surface area contributed by atoms with E-state index in [1.165, 1.54) is 16.2 Å². The minimum absolute atomic E-state index is 0.185. The Morgan fingerprint density at radius 3 is 2.61 bits per heavy atom. The van der Waals surface area contributed by atoms with Crippen molar-refractivity contribution in [2.45, 2.75) is 19.6 Å². The molecule has 1 rings (SSSR count). The van der Waals surface area contributed by atoms with E-state index >= 15 is 0 Å². The third-order valence-electron chi connectivity index (χ3n) is 1.97. The van der Waals surface area contributed by atoms with Crippen molar-refractivity contribution in [1.82, 2.24) is 4.90 Å². The molecule has 0 saturated heterocycles. The SMILES string of the molecule is CCN(Cc1ccc(Cl)s1)C(=O)OCC(F)(F)F. The molecular weight excluding hydrogens is 291 g/mol. The van der Waals surface area contributed by atoms with Gasteiger partial charge >= 0.3 is 12.3 Å². The highest BCUT2D eigenvalue weighted by Crippen LogP contribution is 2.23. The van der Waals surface area contributed by atoms with Crippen LogP contribution in [0.1, 0.15) is 11.8 Å². The van der Waals surface area contributed by atoms with Crippen LogP contribution < -0.4 is 0 Å². The molecule has 0 aliphatic rings. The Kier molecular flexibility index (Phi) is 5.28. The van der Waals surface area contributed by atoms with E-state index in [9.17, 15) is 18.0 Å². The number of ether oxygens (including phenoxy) is 1. The average molecular weight is 302 g/mol. The maximum Gasteiger partial charge on any atom is 0.422 e. The first kappa shape index (κ1) is 15.1. The van der Waals surface area contributed by atoms with Gasteiger partial charge in [-0.1, -0.05) is 11.6 Å². The molecule has 0 saturated carbocycles. The third-order valence-corrected chi connectivity index (χ3v) is 3.19. The van der Waals surface area contributed by atoms with Crippen molar-refractivity contribution in [2.75, 3.05) is 13.2 Å². The summed E-state index contributed by atoms with van der Waals surface area (Å²) in [6.45, 7) is 0.522. The largest absolute Gasteiger partial charge is 0.440 e. The van der Waals surface area contributed by atoms with Gasteiger partial charge in [-0.05, 0) is 19.1 Å². The molecule has 0 aromatic carbocycles. The van der Waals surface area contributed by atoms with Crippen molar-refractivity contribution in [3.8, 4) is 0 Å². The van der Waals surface area contributed by atoms with Crippen LogP contribution in [0.5, 0.6) is 0 Å². The number of carbonyl (C=O) groups excluding carboxylic acids is 1. The van der Waals surface area contributed by atoms with Gasteiger partial charge in [0.2, 0.25) is 0 Å². The number of halogens is 4. The van der Waals surface area contributed by atoms with Gasteiger partial charge < -0.3 is 9.64 Å². The Balaban J connectivity index is 2.52. The zero-order valence-electron chi connectivity index (χ0n) is 9.46. The first-order valence-corrected chi connectivity index (χ1v) is 6.24. The highest BCUT2D eigenvalue weighted by molar-refractivity contribution is 7.16. The van der Waals surface area contributed by atoms with Crippen LogP contribution in [0.25, 0.3) is 0 Å². The van der Waals surface area contributed by atoms with E-state index in [-0.39, 0.29) is 13.1 Å². The van der Waals surface area contributed by atoms with Crippen molar-refractivity contribution < 1.29 is 22.7 Å².